The van der Waals surface area contributed by atoms with E-state index in [0.717, 1.165) is 38.0 Å². The molecular weight excluding hydrogens is 515 g/mol. The number of rotatable bonds is 6. The lowest BCUT2D eigenvalue weighted by Gasteiger charge is -2.48. The lowest BCUT2D eigenvalue weighted by atomic mass is 9.83. The highest BCUT2D eigenvalue weighted by Crippen LogP contribution is 2.31. The zero-order valence-corrected chi connectivity index (χ0v) is 21.9. The lowest BCUT2D eigenvalue weighted by molar-refractivity contribution is 0.0372. The molecule has 2 fully saturated rings. The number of aliphatic imine (C=N–C) groups is 1. The topological polar surface area (TPSA) is 69.8 Å². The van der Waals surface area contributed by atoms with E-state index < -0.39 is 0 Å². The monoisotopic (exact) mass is 552 g/mol. The van der Waals surface area contributed by atoms with Gasteiger partial charge in [-0.15, -0.1) is 24.0 Å². The highest BCUT2D eigenvalue weighted by Gasteiger charge is 2.36. The summed E-state index contributed by atoms with van der Waals surface area (Å²) in [4.78, 5) is 14.2. The Balaban J connectivity index is 0.00000289. The normalized spacial score (nSPS) is 21.9. The van der Waals surface area contributed by atoms with Gasteiger partial charge >= 0.3 is 0 Å². The van der Waals surface area contributed by atoms with Gasteiger partial charge < -0.3 is 14.7 Å². The van der Waals surface area contributed by atoms with E-state index in [9.17, 15) is 0 Å². The van der Waals surface area contributed by atoms with E-state index in [-0.39, 0.29) is 29.9 Å². The fraction of sp³-hybridized carbons (Fsp3) is 0.625. The number of benzene rings is 1. The number of nitrogens with one attached hydrogen (secondary N) is 1. The third kappa shape index (κ3) is 6.21. The third-order valence-electron chi connectivity index (χ3n) is 6.55. The molecule has 2 aliphatic heterocycles. The maximum Gasteiger partial charge on any atom is 0.228 e. The van der Waals surface area contributed by atoms with Crippen molar-refractivity contribution < 1.29 is 4.52 Å². The molecule has 2 saturated heterocycles. The van der Waals surface area contributed by atoms with Gasteiger partial charge in [-0.05, 0) is 37.3 Å². The molecule has 2 unspecified atom stereocenters. The zero-order chi connectivity index (χ0) is 21.6. The quantitative estimate of drug-likeness (QED) is 0.333. The van der Waals surface area contributed by atoms with Crippen molar-refractivity contribution in [1.29, 1.82) is 0 Å². The van der Waals surface area contributed by atoms with Gasteiger partial charge in [0.25, 0.3) is 0 Å². The first-order chi connectivity index (χ1) is 15.1. The molecular formula is C24H37IN6O. The molecule has 1 N–H and O–H groups in total. The molecule has 2 aromatic rings. The molecule has 3 heterocycles. The Kier molecular flexibility index (Phi) is 9.34. The number of aromatic nitrogens is 2. The van der Waals surface area contributed by atoms with Gasteiger partial charge in [-0.1, -0.05) is 49.3 Å². The number of piperidine rings is 2. The van der Waals surface area contributed by atoms with Crippen LogP contribution < -0.4 is 5.32 Å². The fourth-order valence-corrected chi connectivity index (χ4v) is 4.93. The van der Waals surface area contributed by atoms with Gasteiger partial charge in [-0.2, -0.15) is 4.98 Å². The van der Waals surface area contributed by atoms with Gasteiger partial charge in [-0.3, -0.25) is 9.89 Å². The first kappa shape index (κ1) is 25.0. The van der Waals surface area contributed by atoms with Crippen LogP contribution in [0.25, 0.3) is 0 Å². The van der Waals surface area contributed by atoms with Crippen LogP contribution in [0, 0.1) is 5.92 Å². The van der Waals surface area contributed by atoms with Gasteiger partial charge in [-0.25, -0.2) is 0 Å². The zero-order valence-electron chi connectivity index (χ0n) is 19.5. The summed E-state index contributed by atoms with van der Waals surface area (Å²) in [5.41, 5.74) is 1.42. The highest BCUT2D eigenvalue weighted by molar-refractivity contribution is 14.0. The predicted octanol–water partition coefficient (Wildman–Crippen LogP) is 3.92. The van der Waals surface area contributed by atoms with Crippen LogP contribution in [0.2, 0.25) is 0 Å². The molecule has 0 bridgehead atoms. The largest absolute Gasteiger partial charge is 0.356 e. The second-order valence-electron chi connectivity index (χ2n) is 9.09. The van der Waals surface area contributed by atoms with Crippen molar-refractivity contribution >= 4 is 29.9 Å². The number of likely N-dealkylation sites (tertiary alicyclic amines) is 2. The first-order valence-electron chi connectivity index (χ1n) is 11.7. The van der Waals surface area contributed by atoms with Crippen LogP contribution in [0.5, 0.6) is 0 Å². The Bertz CT molecular complexity index is 855. The minimum absolute atomic E-state index is 0. The summed E-state index contributed by atoms with van der Waals surface area (Å²) in [6.07, 6.45) is 4.50. The number of guanidine groups is 1. The summed E-state index contributed by atoms with van der Waals surface area (Å²) in [7, 11) is 1.88. The predicted molar refractivity (Wildman–Crippen MR) is 138 cm³/mol. The fourth-order valence-electron chi connectivity index (χ4n) is 4.93. The Morgan fingerprint density at radius 3 is 2.75 bits per heavy atom. The molecule has 0 saturated carbocycles. The van der Waals surface area contributed by atoms with Crippen molar-refractivity contribution in [2.75, 3.05) is 33.2 Å². The van der Waals surface area contributed by atoms with Gasteiger partial charge in [0.05, 0.1) is 0 Å². The second kappa shape index (κ2) is 12.0. The molecule has 4 rings (SSSR count). The molecule has 2 atom stereocenters. The van der Waals surface area contributed by atoms with Crippen LogP contribution >= 0.6 is 24.0 Å². The van der Waals surface area contributed by atoms with E-state index in [2.05, 4.69) is 74.4 Å². The lowest BCUT2D eigenvalue weighted by Crippen LogP contribution is -2.56. The van der Waals surface area contributed by atoms with Gasteiger partial charge in [0.15, 0.2) is 11.8 Å². The van der Waals surface area contributed by atoms with Crippen molar-refractivity contribution in [3.05, 3.63) is 47.6 Å². The van der Waals surface area contributed by atoms with Gasteiger partial charge in [0.1, 0.15) is 0 Å². The Morgan fingerprint density at radius 1 is 1.22 bits per heavy atom. The molecule has 8 heteroatoms. The van der Waals surface area contributed by atoms with Crippen molar-refractivity contribution in [2.45, 2.75) is 58.0 Å². The molecule has 7 nitrogen and oxygen atoms in total. The summed E-state index contributed by atoms with van der Waals surface area (Å²) in [6.45, 7) is 9.30. The summed E-state index contributed by atoms with van der Waals surface area (Å²) in [6, 6.07) is 11.6. The second-order valence-corrected chi connectivity index (χ2v) is 9.09. The van der Waals surface area contributed by atoms with Crippen LogP contribution in [0.1, 0.15) is 56.3 Å². The van der Waals surface area contributed by atoms with Crippen LogP contribution in [-0.2, 0) is 13.0 Å². The number of hydrogen-bond donors (Lipinski definition) is 1. The number of fused-ring (bicyclic) bond motifs is 1. The molecule has 0 spiro atoms. The highest BCUT2D eigenvalue weighted by atomic mass is 127. The molecule has 1 aromatic carbocycles. The molecule has 0 amide bonds. The van der Waals surface area contributed by atoms with E-state index in [4.69, 9.17) is 4.52 Å². The van der Waals surface area contributed by atoms with Crippen LogP contribution in [0.3, 0.4) is 0 Å². The average molecular weight is 553 g/mol. The van der Waals surface area contributed by atoms with Crippen molar-refractivity contribution in [2.24, 2.45) is 10.9 Å². The van der Waals surface area contributed by atoms with E-state index in [0.29, 0.717) is 24.3 Å². The van der Waals surface area contributed by atoms with E-state index in [1.807, 2.05) is 7.05 Å². The molecule has 0 radical (unpaired) electrons. The van der Waals surface area contributed by atoms with Crippen molar-refractivity contribution in [1.82, 2.24) is 25.3 Å². The van der Waals surface area contributed by atoms with E-state index >= 15 is 0 Å². The van der Waals surface area contributed by atoms with E-state index in [1.165, 1.54) is 31.4 Å². The standard InChI is InChI=1S/C24H36N6O.HI/c1-18(2)23-27-22(31-28-23)11-13-26-24(25-3)30-15-12-21-20(17-30)10-7-14-29(21)16-19-8-5-4-6-9-19;/h4-6,8-9,18,20-21H,7,10-17H2,1-3H3,(H,25,26);1H. The molecule has 1 aromatic heterocycles. The third-order valence-corrected chi connectivity index (χ3v) is 6.55. The number of hydrogen-bond acceptors (Lipinski definition) is 5. The molecule has 0 aliphatic carbocycles. The Morgan fingerprint density at radius 2 is 2.03 bits per heavy atom. The van der Waals surface area contributed by atoms with Gasteiger partial charge in [0.2, 0.25) is 5.89 Å². The Labute approximate surface area is 209 Å². The SMILES string of the molecule is CN=C(NCCc1nc(C(C)C)no1)N1CCC2C(CCCN2Cc2ccccc2)C1.I. The maximum atomic E-state index is 5.36. The Hall–Kier alpha value is -1.68. The van der Waals surface area contributed by atoms with Crippen LogP contribution in [0.4, 0.5) is 0 Å². The van der Waals surface area contributed by atoms with Gasteiger partial charge in [0, 0.05) is 51.6 Å². The maximum absolute atomic E-state index is 5.36. The summed E-state index contributed by atoms with van der Waals surface area (Å²) in [5.74, 6) is 3.45. The molecule has 32 heavy (non-hydrogen) atoms. The van der Waals surface area contributed by atoms with E-state index in [1.54, 1.807) is 0 Å². The van der Waals surface area contributed by atoms with Crippen LogP contribution in [-0.4, -0.2) is 65.2 Å². The van der Waals surface area contributed by atoms with Crippen LogP contribution in [0.15, 0.2) is 39.8 Å². The summed E-state index contributed by atoms with van der Waals surface area (Å²) >= 11 is 0. The molecule has 176 valence electrons. The molecule has 2 aliphatic rings. The summed E-state index contributed by atoms with van der Waals surface area (Å²) in [5, 5.41) is 7.55. The number of nitrogens with zero attached hydrogens (tertiary/aromatic N) is 5. The van der Waals surface area contributed by atoms with Crippen molar-refractivity contribution in [3.63, 3.8) is 0 Å². The number of halogens is 1. The average Bonchev–Trinajstić information content (AvgIpc) is 3.27. The minimum Gasteiger partial charge on any atom is -0.356 e. The first-order valence-corrected chi connectivity index (χ1v) is 11.7. The minimum atomic E-state index is 0. The summed E-state index contributed by atoms with van der Waals surface area (Å²) < 4.78 is 5.36. The smallest absolute Gasteiger partial charge is 0.228 e. The van der Waals surface area contributed by atoms with Crippen molar-refractivity contribution in [3.8, 4) is 0 Å².